The zero-order valence-corrected chi connectivity index (χ0v) is 10.4. The summed E-state index contributed by atoms with van der Waals surface area (Å²) in [5.41, 5.74) is 0.931. The molecule has 0 spiro atoms. The van der Waals surface area contributed by atoms with E-state index in [1.54, 1.807) is 4.90 Å². The molecular formula is C13H13NO2S. The Kier molecular flexibility index (Phi) is 3.72. The number of hydrogen-bond acceptors (Lipinski definition) is 3. The maximum Gasteiger partial charge on any atom is 0.256 e. The van der Waals surface area contributed by atoms with Crippen LogP contribution in [0.15, 0.2) is 30.3 Å². The minimum atomic E-state index is -0.446. The molecule has 1 aliphatic heterocycles. The van der Waals surface area contributed by atoms with Gasteiger partial charge in [0.2, 0.25) is 0 Å². The van der Waals surface area contributed by atoms with Crippen LogP contribution in [0.2, 0.25) is 0 Å². The summed E-state index contributed by atoms with van der Waals surface area (Å²) >= 11 is 4.11. The molecule has 0 aromatic heterocycles. The van der Waals surface area contributed by atoms with Crippen LogP contribution in [-0.4, -0.2) is 35.9 Å². The average molecular weight is 247 g/mol. The van der Waals surface area contributed by atoms with E-state index in [2.05, 4.69) is 24.5 Å². The largest absolute Gasteiger partial charge is 0.368 e. The van der Waals surface area contributed by atoms with Gasteiger partial charge >= 0.3 is 0 Å². The van der Waals surface area contributed by atoms with Crippen molar-refractivity contribution >= 4 is 18.5 Å². The molecule has 1 aromatic rings. The molecule has 2 unspecified atom stereocenters. The first-order valence-corrected chi connectivity index (χ1v) is 5.92. The summed E-state index contributed by atoms with van der Waals surface area (Å²) in [5, 5.41) is 0. The molecule has 1 fully saturated rings. The smallest absolute Gasteiger partial charge is 0.256 e. The standard InChI is InChI=1S/C13H13NO2S/c1-16-12-11(14(9-17)13(12)15)8-7-10-5-3-2-4-6-10/h2-6,11-12,17H,9H2,1H3. The van der Waals surface area contributed by atoms with Crippen molar-refractivity contribution < 1.29 is 9.53 Å². The lowest BCUT2D eigenvalue weighted by molar-refractivity contribution is -0.162. The van der Waals surface area contributed by atoms with Gasteiger partial charge in [-0.05, 0) is 12.1 Å². The van der Waals surface area contributed by atoms with Gasteiger partial charge in [-0.2, -0.15) is 12.6 Å². The van der Waals surface area contributed by atoms with Gasteiger partial charge in [0.15, 0.2) is 6.10 Å². The Morgan fingerprint density at radius 1 is 1.41 bits per heavy atom. The van der Waals surface area contributed by atoms with Crippen LogP contribution in [0.1, 0.15) is 5.56 Å². The molecule has 1 saturated heterocycles. The molecule has 1 amide bonds. The Bertz CT molecular complexity index is 449. The van der Waals surface area contributed by atoms with Crippen LogP contribution in [0.3, 0.4) is 0 Å². The predicted molar refractivity (Wildman–Crippen MR) is 68.6 cm³/mol. The molecule has 88 valence electrons. The minimum absolute atomic E-state index is 0.0464. The number of hydrogen-bond donors (Lipinski definition) is 1. The number of rotatable bonds is 2. The summed E-state index contributed by atoms with van der Waals surface area (Å²) in [7, 11) is 1.52. The molecule has 2 atom stereocenters. The predicted octanol–water partition coefficient (Wildman–Crippen LogP) is 1.15. The van der Waals surface area contributed by atoms with Crippen molar-refractivity contribution in [2.75, 3.05) is 13.0 Å². The fourth-order valence-corrected chi connectivity index (χ4v) is 2.05. The summed E-state index contributed by atoms with van der Waals surface area (Å²) in [5.74, 6) is 6.41. The summed E-state index contributed by atoms with van der Waals surface area (Å²) in [6.45, 7) is 0. The zero-order valence-electron chi connectivity index (χ0n) is 9.46. The maximum absolute atomic E-state index is 11.5. The number of benzene rings is 1. The first-order valence-electron chi connectivity index (χ1n) is 5.28. The monoisotopic (exact) mass is 247 g/mol. The Morgan fingerprint density at radius 2 is 2.12 bits per heavy atom. The van der Waals surface area contributed by atoms with Crippen molar-refractivity contribution in [2.24, 2.45) is 0 Å². The third-order valence-electron chi connectivity index (χ3n) is 2.69. The van der Waals surface area contributed by atoms with Crippen molar-refractivity contribution in [3.05, 3.63) is 35.9 Å². The fraction of sp³-hybridized carbons (Fsp3) is 0.308. The highest BCUT2D eigenvalue weighted by Gasteiger charge is 2.46. The molecule has 3 nitrogen and oxygen atoms in total. The maximum atomic E-state index is 11.5. The molecular weight excluding hydrogens is 234 g/mol. The summed E-state index contributed by atoms with van der Waals surface area (Å²) in [6, 6.07) is 9.47. The Labute approximate surface area is 106 Å². The lowest BCUT2D eigenvalue weighted by Crippen LogP contribution is -2.64. The number of methoxy groups -OCH3 is 1. The van der Waals surface area contributed by atoms with Crippen LogP contribution in [-0.2, 0) is 9.53 Å². The van der Waals surface area contributed by atoms with Crippen molar-refractivity contribution in [3.63, 3.8) is 0 Å². The number of thiol groups is 1. The highest BCUT2D eigenvalue weighted by molar-refractivity contribution is 7.80. The van der Waals surface area contributed by atoms with Gasteiger partial charge < -0.3 is 9.64 Å². The van der Waals surface area contributed by atoms with Gasteiger partial charge in [0.1, 0.15) is 6.04 Å². The van der Waals surface area contributed by atoms with Crippen LogP contribution in [0.25, 0.3) is 0 Å². The summed E-state index contributed by atoms with van der Waals surface area (Å²) in [6.07, 6.45) is -0.446. The lowest BCUT2D eigenvalue weighted by atomic mass is 9.99. The molecule has 0 radical (unpaired) electrons. The molecule has 4 heteroatoms. The summed E-state index contributed by atoms with van der Waals surface area (Å²) in [4.78, 5) is 13.1. The summed E-state index contributed by atoms with van der Waals surface area (Å²) < 4.78 is 5.10. The molecule has 0 N–H and O–H groups in total. The highest BCUT2D eigenvalue weighted by Crippen LogP contribution is 2.22. The first-order chi connectivity index (χ1) is 8.27. The van der Waals surface area contributed by atoms with Crippen molar-refractivity contribution in [1.82, 2.24) is 4.90 Å². The van der Waals surface area contributed by atoms with E-state index in [0.717, 1.165) is 5.56 Å². The van der Waals surface area contributed by atoms with Gasteiger partial charge in [0.05, 0.1) is 5.88 Å². The third kappa shape index (κ3) is 2.31. The van der Waals surface area contributed by atoms with E-state index in [-0.39, 0.29) is 11.9 Å². The fourth-order valence-electron chi connectivity index (χ4n) is 1.74. The molecule has 0 aliphatic carbocycles. The molecule has 1 aromatic carbocycles. The Morgan fingerprint density at radius 3 is 2.71 bits per heavy atom. The second kappa shape index (κ2) is 5.26. The van der Waals surface area contributed by atoms with Gasteiger partial charge in [-0.1, -0.05) is 30.0 Å². The lowest BCUT2D eigenvalue weighted by Gasteiger charge is -2.42. The van der Waals surface area contributed by atoms with E-state index >= 15 is 0 Å². The minimum Gasteiger partial charge on any atom is -0.368 e. The van der Waals surface area contributed by atoms with Crippen LogP contribution in [0, 0.1) is 11.8 Å². The van der Waals surface area contributed by atoms with Gasteiger partial charge in [-0.15, -0.1) is 0 Å². The van der Waals surface area contributed by atoms with E-state index in [0.29, 0.717) is 5.88 Å². The number of β-lactam (4-membered cyclic amide) rings is 1. The van der Waals surface area contributed by atoms with Crippen molar-refractivity contribution in [2.45, 2.75) is 12.1 Å². The quantitative estimate of drug-likeness (QED) is 0.482. The van der Waals surface area contributed by atoms with Gasteiger partial charge in [0, 0.05) is 12.7 Å². The second-order valence-corrected chi connectivity index (χ2v) is 3.97. The number of nitrogens with zero attached hydrogens (tertiary/aromatic N) is 1. The zero-order chi connectivity index (χ0) is 12.3. The third-order valence-corrected chi connectivity index (χ3v) is 3.00. The van der Waals surface area contributed by atoms with Crippen LogP contribution < -0.4 is 0 Å². The first kappa shape index (κ1) is 12.0. The number of amides is 1. The van der Waals surface area contributed by atoms with Gasteiger partial charge in [0.25, 0.3) is 5.91 Å². The van der Waals surface area contributed by atoms with E-state index in [9.17, 15) is 4.79 Å². The number of carbonyl (C=O) groups excluding carboxylic acids is 1. The SMILES string of the molecule is COC1C(=O)N(CS)C1C#Cc1ccccc1. The van der Waals surface area contributed by atoms with E-state index in [4.69, 9.17) is 4.74 Å². The van der Waals surface area contributed by atoms with E-state index in [1.165, 1.54) is 7.11 Å². The average Bonchev–Trinajstić information content (AvgIpc) is 2.36. The van der Waals surface area contributed by atoms with Crippen molar-refractivity contribution in [1.29, 1.82) is 0 Å². The van der Waals surface area contributed by atoms with Gasteiger partial charge in [-0.25, -0.2) is 0 Å². The number of carbonyl (C=O) groups is 1. The highest BCUT2D eigenvalue weighted by atomic mass is 32.1. The Hall–Kier alpha value is -1.44. The Balaban J connectivity index is 2.13. The van der Waals surface area contributed by atoms with E-state index < -0.39 is 6.10 Å². The topological polar surface area (TPSA) is 29.5 Å². The van der Waals surface area contributed by atoms with Gasteiger partial charge in [-0.3, -0.25) is 4.79 Å². The van der Waals surface area contributed by atoms with Crippen LogP contribution in [0.5, 0.6) is 0 Å². The number of ether oxygens (including phenoxy) is 1. The molecule has 2 rings (SSSR count). The molecule has 1 aliphatic rings. The molecule has 1 heterocycles. The molecule has 0 bridgehead atoms. The number of likely N-dealkylation sites (tertiary alicyclic amines) is 1. The van der Waals surface area contributed by atoms with E-state index in [1.807, 2.05) is 30.3 Å². The van der Waals surface area contributed by atoms with Crippen LogP contribution >= 0.6 is 12.6 Å². The van der Waals surface area contributed by atoms with Crippen LogP contribution in [0.4, 0.5) is 0 Å². The van der Waals surface area contributed by atoms with Crippen molar-refractivity contribution in [3.8, 4) is 11.8 Å². The molecule has 0 saturated carbocycles. The second-order valence-electron chi connectivity index (χ2n) is 3.69. The molecule has 17 heavy (non-hydrogen) atoms. The normalized spacial score (nSPS) is 22.7.